The van der Waals surface area contributed by atoms with E-state index in [1.807, 2.05) is 18.2 Å². The van der Waals surface area contributed by atoms with Gasteiger partial charge in [0, 0.05) is 35.1 Å². The highest BCUT2D eigenvalue weighted by molar-refractivity contribution is 5.86. The predicted octanol–water partition coefficient (Wildman–Crippen LogP) is 1.65. The van der Waals surface area contributed by atoms with Crippen LogP contribution >= 0.6 is 0 Å². The van der Waals surface area contributed by atoms with Gasteiger partial charge in [-0.15, -0.1) is 0 Å². The predicted molar refractivity (Wildman–Crippen MR) is 69.2 cm³/mol. The molecule has 2 heterocycles. The molecule has 0 aliphatic heterocycles. The van der Waals surface area contributed by atoms with Gasteiger partial charge in [0.15, 0.2) is 0 Å². The fourth-order valence-electron chi connectivity index (χ4n) is 2.16. The van der Waals surface area contributed by atoms with Crippen LogP contribution in [0, 0.1) is 0 Å². The molecule has 0 radical (unpaired) electrons. The molecule has 5 N–H and O–H groups in total. The highest BCUT2D eigenvalue weighted by Crippen LogP contribution is 2.26. The van der Waals surface area contributed by atoms with Crippen molar-refractivity contribution in [1.29, 1.82) is 0 Å². The zero-order valence-corrected chi connectivity index (χ0v) is 9.77. The smallest absolute Gasteiger partial charge is 0.124 e. The van der Waals surface area contributed by atoms with E-state index in [-0.39, 0.29) is 0 Å². The minimum atomic E-state index is 0.293. The number of phenolic OH excluding ortho intramolecular Hbond substituents is 1. The van der Waals surface area contributed by atoms with Crippen LogP contribution in [0.2, 0.25) is 0 Å². The maximum atomic E-state index is 9.75. The first kappa shape index (κ1) is 10.9. The zero-order valence-electron chi connectivity index (χ0n) is 9.77. The van der Waals surface area contributed by atoms with Crippen molar-refractivity contribution in [3.63, 3.8) is 0 Å². The van der Waals surface area contributed by atoms with Crippen LogP contribution in [0.5, 0.6) is 5.75 Å². The van der Waals surface area contributed by atoms with E-state index >= 15 is 0 Å². The fourth-order valence-corrected chi connectivity index (χ4v) is 2.16. The van der Waals surface area contributed by atoms with Gasteiger partial charge in [-0.3, -0.25) is 5.10 Å². The Labute approximate surface area is 104 Å². The first-order chi connectivity index (χ1) is 8.78. The lowest BCUT2D eigenvalue weighted by Gasteiger charge is -1.98. The summed E-state index contributed by atoms with van der Waals surface area (Å²) in [5.41, 5.74) is 9.61. The van der Waals surface area contributed by atoms with Crippen LogP contribution in [-0.4, -0.2) is 20.3 Å². The molecule has 0 saturated heterocycles. The number of nitrogens with one attached hydrogen (secondary N) is 2. The molecule has 5 nitrogen and oxygen atoms in total. The van der Waals surface area contributed by atoms with E-state index < -0.39 is 0 Å². The third-order valence-electron chi connectivity index (χ3n) is 3.09. The maximum absolute atomic E-state index is 9.75. The summed E-state index contributed by atoms with van der Waals surface area (Å²) >= 11 is 0. The molecule has 3 rings (SSSR count). The van der Waals surface area contributed by atoms with Crippen molar-refractivity contribution in [2.75, 3.05) is 0 Å². The van der Waals surface area contributed by atoms with Crippen LogP contribution < -0.4 is 5.73 Å². The molecule has 92 valence electrons. The summed E-state index contributed by atoms with van der Waals surface area (Å²) in [6, 6.07) is 7.40. The monoisotopic (exact) mass is 242 g/mol. The Hall–Kier alpha value is -2.27. The van der Waals surface area contributed by atoms with Gasteiger partial charge in [-0.2, -0.15) is 5.10 Å². The Morgan fingerprint density at radius 3 is 3.00 bits per heavy atom. The second-order valence-corrected chi connectivity index (χ2v) is 4.29. The van der Waals surface area contributed by atoms with Gasteiger partial charge in [0.1, 0.15) is 5.75 Å². The number of nitrogens with two attached hydrogens (primary N) is 1. The van der Waals surface area contributed by atoms with Crippen molar-refractivity contribution < 1.29 is 5.11 Å². The summed E-state index contributed by atoms with van der Waals surface area (Å²) in [6.07, 6.45) is 2.50. The van der Waals surface area contributed by atoms with Gasteiger partial charge in [-0.1, -0.05) is 6.07 Å². The number of benzene rings is 1. The van der Waals surface area contributed by atoms with Crippen LogP contribution in [0.15, 0.2) is 30.5 Å². The molecule has 2 aromatic heterocycles. The molecule has 0 bridgehead atoms. The third-order valence-corrected chi connectivity index (χ3v) is 3.09. The quantitative estimate of drug-likeness (QED) is 0.562. The number of phenols is 1. The van der Waals surface area contributed by atoms with Crippen molar-refractivity contribution in [1.82, 2.24) is 15.2 Å². The summed E-state index contributed by atoms with van der Waals surface area (Å²) in [7, 11) is 0. The van der Waals surface area contributed by atoms with E-state index in [1.165, 1.54) is 0 Å². The summed E-state index contributed by atoms with van der Waals surface area (Å²) in [5.74, 6) is 0.293. The molecule has 0 saturated carbocycles. The Kier molecular flexibility index (Phi) is 2.53. The van der Waals surface area contributed by atoms with E-state index in [2.05, 4.69) is 15.2 Å². The second-order valence-electron chi connectivity index (χ2n) is 4.29. The van der Waals surface area contributed by atoms with Crippen molar-refractivity contribution in [3.8, 4) is 5.75 Å². The van der Waals surface area contributed by atoms with Gasteiger partial charge in [-0.25, -0.2) is 0 Å². The molecule has 3 aromatic rings. The Morgan fingerprint density at radius 2 is 2.22 bits per heavy atom. The topological polar surface area (TPSA) is 90.7 Å². The Balaban J connectivity index is 1.98. The molecule has 0 spiro atoms. The van der Waals surface area contributed by atoms with E-state index in [4.69, 9.17) is 5.73 Å². The molecule has 0 atom stereocenters. The van der Waals surface area contributed by atoms with Crippen LogP contribution in [0.25, 0.3) is 10.9 Å². The third kappa shape index (κ3) is 1.74. The van der Waals surface area contributed by atoms with E-state index in [0.717, 1.165) is 34.3 Å². The van der Waals surface area contributed by atoms with Crippen molar-refractivity contribution >= 4 is 10.9 Å². The number of nitrogens with zero attached hydrogens (tertiary/aromatic N) is 1. The minimum absolute atomic E-state index is 0.293. The van der Waals surface area contributed by atoms with Gasteiger partial charge in [0.2, 0.25) is 0 Å². The van der Waals surface area contributed by atoms with Crippen LogP contribution in [0.4, 0.5) is 0 Å². The molecule has 0 unspecified atom stereocenters. The SMILES string of the molecule is NCc1[nH]ncc1Cc1cc2c(O)cccc2[nH]1. The van der Waals surface area contributed by atoms with Crippen LogP contribution in [-0.2, 0) is 13.0 Å². The van der Waals surface area contributed by atoms with E-state index in [1.54, 1.807) is 12.3 Å². The number of rotatable bonds is 3. The number of fused-ring (bicyclic) bond motifs is 1. The lowest BCUT2D eigenvalue weighted by molar-refractivity contribution is 0.481. The van der Waals surface area contributed by atoms with Crippen molar-refractivity contribution in [2.45, 2.75) is 13.0 Å². The molecule has 0 amide bonds. The molecular weight excluding hydrogens is 228 g/mol. The molecule has 0 fully saturated rings. The summed E-state index contributed by atoms with van der Waals surface area (Å²) in [6.45, 7) is 0.445. The van der Waals surface area contributed by atoms with E-state index in [0.29, 0.717) is 12.3 Å². The van der Waals surface area contributed by atoms with Crippen LogP contribution in [0.1, 0.15) is 17.0 Å². The highest BCUT2D eigenvalue weighted by Gasteiger charge is 2.08. The highest BCUT2D eigenvalue weighted by atomic mass is 16.3. The molecule has 1 aromatic carbocycles. The van der Waals surface area contributed by atoms with Gasteiger partial charge in [-0.05, 0) is 18.2 Å². The zero-order chi connectivity index (χ0) is 12.5. The Bertz CT molecular complexity index is 683. The number of hydrogen-bond acceptors (Lipinski definition) is 3. The minimum Gasteiger partial charge on any atom is -0.507 e. The molecule has 5 heteroatoms. The summed E-state index contributed by atoms with van der Waals surface area (Å²) in [5, 5.41) is 17.5. The second kappa shape index (κ2) is 4.19. The normalized spacial score (nSPS) is 11.2. The first-order valence-electron chi connectivity index (χ1n) is 5.78. The lowest BCUT2D eigenvalue weighted by Crippen LogP contribution is -2.01. The number of aromatic nitrogens is 3. The van der Waals surface area contributed by atoms with Gasteiger partial charge < -0.3 is 15.8 Å². The van der Waals surface area contributed by atoms with Gasteiger partial charge in [0.25, 0.3) is 0 Å². The molecular formula is C13H14N4O. The molecule has 0 aliphatic carbocycles. The number of hydrogen-bond donors (Lipinski definition) is 4. The van der Waals surface area contributed by atoms with Gasteiger partial charge >= 0.3 is 0 Å². The fraction of sp³-hybridized carbons (Fsp3) is 0.154. The lowest BCUT2D eigenvalue weighted by atomic mass is 10.1. The largest absolute Gasteiger partial charge is 0.507 e. The number of H-pyrrole nitrogens is 2. The van der Waals surface area contributed by atoms with Crippen LogP contribution in [0.3, 0.4) is 0 Å². The van der Waals surface area contributed by atoms with Crippen molar-refractivity contribution in [2.24, 2.45) is 5.73 Å². The molecule has 18 heavy (non-hydrogen) atoms. The van der Waals surface area contributed by atoms with E-state index in [9.17, 15) is 5.11 Å². The number of aromatic amines is 2. The first-order valence-corrected chi connectivity index (χ1v) is 5.78. The van der Waals surface area contributed by atoms with Crippen molar-refractivity contribution in [3.05, 3.63) is 47.4 Å². The average molecular weight is 242 g/mol. The maximum Gasteiger partial charge on any atom is 0.124 e. The summed E-state index contributed by atoms with van der Waals surface area (Å²) < 4.78 is 0. The summed E-state index contributed by atoms with van der Waals surface area (Å²) in [4.78, 5) is 3.28. The standard InChI is InChI=1S/C13H14N4O/c14-6-12-8(7-15-17-12)4-9-5-10-11(16-9)2-1-3-13(10)18/h1-3,5,7,16,18H,4,6,14H2,(H,15,17). The Morgan fingerprint density at radius 1 is 1.33 bits per heavy atom. The van der Waals surface area contributed by atoms with Gasteiger partial charge in [0.05, 0.1) is 11.9 Å². The number of aromatic hydroxyl groups is 1. The molecule has 0 aliphatic rings. The average Bonchev–Trinajstić information content (AvgIpc) is 2.96.